The van der Waals surface area contributed by atoms with Crippen molar-refractivity contribution in [1.29, 1.82) is 0 Å². The molecule has 1 aliphatic heterocycles. The largest absolute Gasteiger partial charge is 0.472 e. The Morgan fingerprint density at radius 2 is 2.08 bits per heavy atom. The average Bonchev–Trinajstić information content (AvgIpc) is 3.62. The van der Waals surface area contributed by atoms with Gasteiger partial charge in [0.25, 0.3) is 0 Å². The Hall–Kier alpha value is -4.66. The molecule has 0 aliphatic carbocycles. The number of imidazole rings is 1. The minimum absolute atomic E-state index is 0.0180. The van der Waals surface area contributed by atoms with E-state index in [1.807, 2.05) is 50.4 Å². The van der Waals surface area contributed by atoms with Crippen molar-refractivity contribution in [2.75, 3.05) is 5.32 Å². The standard InChI is InChI=1S/C27H25N7O2/c1-15(2)9-23(35)30-19-10-18(12-28-13-19)16-3-4-21-20(11-16)25(34-33-21)27-31-22-5-7-29-24(26(22)32-27)17-6-8-36-14-17/h3-8,10-15,24,29H,9H2,1-2H3,(H,30,35)(H,31,32)(H,33,34). The summed E-state index contributed by atoms with van der Waals surface area (Å²) < 4.78 is 5.28. The van der Waals surface area contributed by atoms with Crippen molar-refractivity contribution < 1.29 is 9.21 Å². The quantitative estimate of drug-likeness (QED) is 0.263. The van der Waals surface area contributed by atoms with Crippen LogP contribution in [-0.2, 0) is 4.79 Å². The van der Waals surface area contributed by atoms with Gasteiger partial charge in [0.2, 0.25) is 5.91 Å². The first kappa shape index (κ1) is 21.8. The van der Waals surface area contributed by atoms with Crippen LogP contribution >= 0.6 is 0 Å². The Bertz CT molecular complexity index is 1580. The lowest BCUT2D eigenvalue weighted by molar-refractivity contribution is -0.116. The summed E-state index contributed by atoms with van der Waals surface area (Å²) in [6.07, 6.45) is 11.1. The van der Waals surface area contributed by atoms with E-state index in [-0.39, 0.29) is 17.9 Å². The molecule has 1 unspecified atom stereocenters. The van der Waals surface area contributed by atoms with E-state index < -0.39 is 0 Å². The van der Waals surface area contributed by atoms with Gasteiger partial charge in [-0.05, 0) is 48.0 Å². The van der Waals surface area contributed by atoms with Crippen molar-refractivity contribution in [3.63, 3.8) is 0 Å². The Balaban J connectivity index is 1.34. The number of amides is 1. The van der Waals surface area contributed by atoms with Crippen molar-refractivity contribution in [2.45, 2.75) is 26.3 Å². The average molecular weight is 480 g/mol. The number of aromatic nitrogens is 5. The number of pyridine rings is 1. The monoisotopic (exact) mass is 479 g/mol. The normalized spacial score (nSPS) is 14.7. The van der Waals surface area contributed by atoms with Crippen molar-refractivity contribution in [3.05, 3.63) is 78.4 Å². The number of rotatable bonds is 6. The Morgan fingerprint density at radius 3 is 2.92 bits per heavy atom. The van der Waals surface area contributed by atoms with E-state index >= 15 is 0 Å². The first-order valence-electron chi connectivity index (χ1n) is 11.8. The van der Waals surface area contributed by atoms with Crippen molar-refractivity contribution >= 4 is 28.6 Å². The predicted molar refractivity (Wildman–Crippen MR) is 138 cm³/mol. The van der Waals surface area contributed by atoms with Gasteiger partial charge in [0.05, 0.1) is 47.4 Å². The van der Waals surface area contributed by atoms with Crippen LogP contribution in [0.1, 0.15) is 43.3 Å². The summed E-state index contributed by atoms with van der Waals surface area (Å²) >= 11 is 0. The van der Waals surface area contributed by atoms with Gasteiger partial charge in [-0.2, -0.15) is 5.10 Å². The Morgan fingerprint density at radius 1 is 1.17 bits per heavy atom. The van der Waals surface area contributed by atoms with E-state index in [0.717, 1.165) is 44.7 Å². The molecule has 4 aromatic heterocycles. The molecule has 6 rings (SSSR count). The minimum atomic E-state index is -0.0783. The van der Waals surface area contributed by atoms with Crippen molar-refractivity contribution in [2.24, 2.45) is 5.92 Å². The zero-order valence-electron chi connectivity index (χ0n) is 19.9. The molecular formula is C27H25N7O2. The molecule has 0 fully saturated rings. The maximum Gasteiger partial charge on any atom is 0.224 e. The van der Waals surface area contributed by atoms with Gasteiger partial charge in [0.15, 0.2) is 5.82 Å². The van der Waals surface area contributed by atoms with Gasteiger partial charge < -0.3 is 20.0 Å². The van der Waals surface area contributed by atoms with Gasteiger partial charge >= 0.3 is 0 Å². The Labute approximate surface area is 207 Å². The zero-order valence-corrected chi connectivity index (χ0v) is 19.9. The van der Waals surface area contributed by atoms with Crippen molar-refractivity contribution in [3.8, 4) is 22.6 Å². The molecule has 1 aromatic carbocycles. The third kappa shape index (κ3) is 4.04. The highest BCUT2D eigenvalue weighted by Gasteiger charge is 2.25. The van der Waals surface area contributed by atoms with Crippen LogP contribution in [0.2, 0.25) is 0 Å². The van der Waals surface area contributed by atoms with Gasteiger partial charge in [-0.3, -0.25) is 14.9 Å². The number of aromatic amines is 2. The molecule has 5 aromatic rings. The van der Waals surface area contributed by atoms with Crippen LogP contribution < -0.4 is 10.6 Å². The molecule has 1 aliphatic rings. The smallest absolute Gasteiger partial charge is 0.224 e. The van der Waals surface area contributed by atoms with Gasteiger partial charge in [0.1, 0.15) is 5.69 Å². The second kappa shape index (κ2) is 8.84. The number of furan rings is 1. The fourth-order valence-corrected chi connectivity index (χ4v) is 4.49. The number of hydrogen-bond acceptors (Lipinski definition) is 6. The molecule has 4 N–H and O–H groups in total. The number of benzene rings is 1. The van der Waals surface area contributed by atoms with Gasteiger partial charge in [-0.15, -0.1) is 0 Å². The Kier molecular flexibility index (Phi) is 5.37. The molecule has 9 heteroatoms. The molecule has 1 amide bonds. The third-order valence-corrected chi connectivity index (χ3v) is 6.17. The highest BCUT2D eigenvalue weighted by Crippen LogP contribution is 2.33. The van der Waals surface area contributed by atoms with Crippen LogP contribution in [-0.4, -0.2) is 31.1 Å². The van der Waals surface area contributed by atoms with E-state index in [1.54, 1.807) is 24.9 Å². The van der Waals surface area contributed by atoms with Crippen LogP contribution in [0.3, 0.4) is 0 Å². The summed E-state index contributed by atoms with van der Waals surface area (Å²) in [6, 6.07) is 9.85. The van der Waals surface area contributed by atoms with Crippen molar-refractivity contribution in [1.82, 2.24) is 30.5 Å². The molecule has 9 nitrogen and oxygen atoms in total. The third-order valence-electron chi connectivity index (χ3n) is 6.17. The molecule has 0 saturated heterocycles. The maximum absolute atomic E-state index is 12.2. The van der Waals surface area contributed by atoms with E-state index in [0.29, 0.717) is 17.9 Å². The number of H-pyrrole nitrogens is 2. The molecule has 0 spiro atoms. The molecular weight excluding hydrogens is 454 g/mol. The van der Waals surface area contributed by atoms with Crippen LogP contribution in [0, 0.1) is 5.92 Å². The molecule has 36 heavy (non-hydrogen) atoms. The molecule has 0 radical (unpaired) electrons. The first-order valence-corrected chi connectivity index (χ1v) is 11.8. The lowest BCUT2D eigenvalue weighted by Gasteiger charge is -2.18. The summed E-state index contributed by atoms with van der Waals surface area (Å²) in [7, 11) is 0. The number of hydrogen-bond donors (Lipinski definition) is 4. The van der Waals surface area contributed by atoms with Gasteiger partial charge in [0, 0.05) is 29.1 Å². The highest BCUT2D eigenvalue weighted by molar-refractivity contribution is 5.95. The van der Waals surface area contributed by atoms with Crippen LogP contribution in [0.5, 0.6) is 0 Å². The zero-order chi connectivity index (χ0) is 24.6. The predicted octanol–water partition coefficient (Wildman–Crippen LogP) is 5.26. The number of carbonyl (C=O) groups excluding carboxylic acids is 1. The molecule has 1 atom stereocenters. The first-order chi connectivity index (χ1) is 17.5. The lowest BCUT2D eigenvalue weighted by Crippen LogP contribution is -2.20. The fraction of sp³-hybridized carbons (Fsp3) is 0.185. The topological polar surface area (TPSA) is 125 Å². The summed E-state index contributed by atoms with van der Waals surface area (Å²) in [5.74, 6) is 0.949. The van der Waals surface area contributed by atoms with Gasteiger partial charge in [-0.1, -0.05) is 19.9 Å². The number of fused-ring (bicyclic) bond motifs is 2. The van der Waals surface area contributed by atoms with E-state index in [9.17, 15) is 4.79 Å². The SMILES string of the molecule is CC(C)CC(=O)Nc1cncc(-c2ccc3[nH]nc(-c4nc5c([nH]4)C(c4ccoc4)NC=C5)c3c2)c1. The second-order valence-electron chi connectivity index (χ2n) is 9.32. The summed E-state index contributed by atoms with van der Waals surface area (Å²) in [5.41, 5.74) is 7.00. The summed E-state index contributed by atoms with van der Waals surface area (Å²) in [5, 5.41) is 14.9. The van der Waals surface area contributed by atoms with E-state index in [2.05, 4.69) is 36.9 Å². The highest BCUT2D eigenvalue weighted by atomic mass is 16.3. The van der Waals surface area contributed by atoms with E-state index in [4.69, 9.17) is 9.40 Å². The summed E-state index contributed by atoms with van der Waals surface area (Å²) in [6.45, 7) is 4.04. The summed E-state index contributed by atoms with van der Waals surface area (Å²) in [4.78, 5) is 24.8. The molecule has 0 bridgehead atoms. The number of nitrogens with one attached hydrogen (secondary N) is 4. The molecule has 0 saturated carbocycles. The van der Waals surface area contributed by atoms with E-state index in [1.165, 1.54) is 0 Å². The molecule has 5 heterocycles. The minimum Gasteiger partial charge on any atom is -0.472 e. The van der Waals surface area contributed by atoms with Crippen LogP contribution in [0.15, 0.2) is 65.9 Å². The fourth-order valence-electron chi connectivity index (χ4n) is 4.49. The van der Waals surface area contributed by atoms with Gasteiger partial charge in [-0.25, -0.2) is 4.98 Å². The number of carbonyl (C=O) groups is 1. The van der Waals surface area contributed by atoms with Crippen LogP contribution in [0.4, 0.5) is 5.69 Å². The lowest BCUT2D eigenvalue weighted by atomic mass is 10.0. The molecule has 180 valence electrons. The second-order valence-corrected chi connectivity index (χ2v) is 9.32. The number of nitrogens with zero attached hydrogens (tertiary/aromatic N) is 3. The maximum atomic E-state index is 12.2. The number of anilines is 1. The van der Waals surface area contributed by atoms with Crippen LogP contribution in [0.25, 0.3) is 39.6 Å².